The largest absolute Gasteiger partial charge is 0.383 e. The quantitative estimate of drug-likeness (QED) is 0.872. The van der Waals surface area contributed by atoms with Gasteiger partial charge in [0.2, 0.25) is 0 Å². The highest BCUT2D eigenvalue weighted by Gasteiger charge is 2.32. The van der Waals surface area contributed by atoms with E-state index in [-0.39, 0.29) is 17.5 Å². The minimum Gasteiger partial charge on any atom is -0.383 e. The highest BCUT2D eigenvalue weighted by atomic mass is 32.2. The lowest BCUT2D eigenvalue weighted by molar-refractivity contribution is 0.600. The van der Waals surface area contributed by atoms with Crippen LogP contribution in [0.5, 0.6) is 0 Å². The van der Waals surface area contributed by atoms with Crippen molar-refractivity contribution in [3.8, 4) is 0 Å². The molecule has 1 atom stereocenters. The van der Waals surface area contributed by atoms with E-state index < -0.39 is 9.84 Å². The standard InChI is InChI=1S/C12H20N4O2S/c1-3-4-10-11(13)14-8-15-12(10)16(2)9-5-6-19(17,18)7-9/h8-9H,3-7H2,1-2H3,(H2,13,14,15). The average molecular weight is 284 g/mol. The summed E-state index contributed by atoms with van der Waals surface area (Å²) in [6.07, 6.45) is 3.82. The van der Waals surface area contributed by atoms with Crippen molar-refractivity contribution < 1.29 is 8.42 Å². The van der Waals surface area contributed by atoms with E-state index in [2.05, 4.69) is 16.9 Å². The van der Waals surface area contributed by atoms with Crippen LogP contribution >= 0.6 is 0 Å². The predicted molar refractivity (Wildman–Crippen MR) is 75.9 cm³/mol. The van der Waals surface area contributed by atoms with Crippen LogP contribution in [0.3, 0.4) is 0 Å². The molecule has 1 unspecified atom stereocenters. The maximum Gasteiger partial charge on any atom is 0.152 e. The normalized spacial score (nSPS) is 21.5. The van der Waals surface area contributed by atoms with Crippen LogP contribution in [0.25, 0.3) is 0 Å². The number of hydrogen-bond donors (Lipinski definition) is 1. The Bertz CT molecular complexity index is 559. The van der Waals surface area contributed by atoms with Gasteiger partial charge in [-0.1, -0.05) is 13.3 Å². The molecule has 0 saturated carbocycles. The summed E-state index contributed by atoms with van der Waals surface area (Å²) in [6.45, 7) is 2.07. The van der Waals surface area contributed by atoms with E-state index >= 15 is 0 Å². The molecular weight excluding hydrogens is 264 g/mol. The Morgan fingerprint density at radius 1 is 1.47 bits per heavy atom. The smallest absolute Gasteiger partial charge is 0.152 e. The molecular formula is C12H20N4O2S. The van der Waals surface area contributed by atoms with E-state index in [1.54, 1.807) is 0 Å². The summed E-state index contributed by atoms with van der Waals surface area (Å²) >= 11 is 0. The summed E-state index contributed by atoms with van der Waals surface area (Å²) in [4.78, 5) is 10.2. The van der Waals surface area contributed by atoms with E-state index in [4.69, 9.17) is 5.73 Å². The molecule has 1 aromatic rings. The number of nitrogen functional groups attached to an aromatic ring is 1. The maximum absolute atomic E-state index is 11.6. The molecule has 0 radical (unpaired) electrons. The first-order valence-corrected chi connectivity index (χ1v) is 8.29. The molecule has 106 valence electrons. The molecule has 0 amide bonds. The molecule has 2 heterocycles. The number of aromatic nitrogens is 2. The number of sulfone groups is 1. The van der Waals surface area contributed by atoms with Crippen LogP contribution in [-0.4, -0.2) is 43.0 Å². The van der Waals surface area contributed by atoms with Gasteiger partial charge in [0.25, 0.3) is 0 Å². The van der Waals surface area contributed by atoms with Crippen molar-refractivity contribution in [3.05, 3.63) is 11.9 Å². The van der Waals surface area contributed by atoms with Crippen molar-refractivity contribution in [1.29, 1.82) is 0 Å². The molecule has 1 aliphatic rings. The highest BCUT2D eigenvalue weighted by Crippen LogP contribution is 2.27. The van der Waals surface area contributed by atoms with Crippen molar-refractivity contribution in [1.82, 2.24) is 9.97 Å². The zero-order valence-electron chi connectivity index (χ0n) is 11.3. The first-order valence-electron chi connectivity index (χ1n) is 6.47. The summed E-state index contributed by atoms with van der Waals surface area (Å²) in [5.74, 6) is 1.70. The van der Waals surface area contributed by atoms with Gasteiger partial charge in [-0.05, 0) is 12.8 Å². The lowest BCUT2D eigenvalue weighted by Crippen LogP contribution is -2.34. The van der Waals surface area contributed by atoms with Crippen LogP contribution in [0.2, 0.25) is 0 Å². The van der Waals surface area contributed by atoms with Gasteiger partial charge in [-0.2, -0.15) is 0 Å². The Labute approximate surface area is 114 Å². The summed E-state index contributed by atoms with van der Waals surface area (Å²) in [5, 5.41) is 0. The second-order valence-electron chi connectivity index (χ2n) is 4.98. The van der Waals surface area contributed by atoms with E-state index in [9.17, 15) is 8.42 Å². The molecule has 1 fully saturated rings. The average Bonchev–Trinajstić information content (AvgIpc) is 2.72. The number of nitrogens with two attached hydrogens (primary N) is 1. The molecule has 2 rings (SSSR count). The molecule has 19 heavy (non-hydrogen) atoms. The summed E-state index contributed by atoms with van der Waals surface area (Å²) in [6, 6.07) is -0.0186. The number of rotatable bonds is 4. The molecule has 6 nitrogen and oxygen atoms in total. The minimum absolute atomic E-state index is 0.0186. The first-order chi connectivity index (χ1) is 8.94. The monoisotopic (exact) mass is 284 g/mol. The minimum atomic E-state index is -2.90. The Morgan fingerprint density at radius 2 is 2.21 bits per heavy atom. The number of nitrogens with zero attached hydrogens (tertiary/aromatic N) is 3. The summed E-state index contributed by atoms with van der Waals surface area (Å²) in [5.41, 5.74) is 6.81. The fourth-order valence-electron chi connectivity index (χ4n) is 2.46. The van der Waals surface area contributed by atoms with E-state index in [1.165, 1.54) is 6.33 Å². The van der Waals surface area contributed by atoms with Gasteiger partial charge in [0, 0.05) is 18.7 Å². The molecule has 1 saturated heterocycles. The molecule has 1 aliphatic heterocycles. The van der Waals surface area contributed by atoms with Gasteiger partial charge < -0.3 is 10.6 Å². The molecule has 2 N–H and O–H groups in total. The van der Waals surface area contributed by atoms with Gasteiger partial charge in [0.05, 0.1) is 11.5 Å². The predicted octanol–water partition coefficient (Wildman–Crippen LogP) is 0.635. The van der Waals surface area contributed by atoms with Crippen LogP contribution in [0, 0.1) is 0 Å². The van der Waals surface area contributed by atoms with E-state index in [0.717, 1.165) is 24.2 Å². The van der Waals surface area contributed by atoms with Crippen molar-refractivity contribution in [3.63, 3.8) is 0 Å². The Balaban J connectivity index is 2.29. The molecule has 7 heteroatoms. The van der Waals surface area contributed by atoms with Crippen molar-refractivity contribution in [2.75, 3.05) is 29.2 Å². The van der Waals surface area contributed by atoms with Gasteiger partial charge in [0.15, 0.2) is 9.84 Å². The van der Waals surface area contributed by atoms with Crippen molar-refractivity contribution >= 4 is 21.5 Å². The number of anilines is 2. The molecule has 0 bridgehead atoms. The Kier molecular flexibility index (Phi) is 3.93. The maximum atomic E-state index is 11.6. The summed E-state index contributed by atoms with van der Waals surface area (Å²) in [7, 11) is -1.02. The van der Waals surface area contributed by atoms with E-state index in [0.29, 0.717) is 12.2 Å². The topological polar surface area (TPSA) is 89.2 Å². The SMILES string of the molecule is CCCc1c(N)ncnc1N(C)C1CCS(=O)(=O)C1. The van der Waals surface area contributed by atoms with Crippen LogP contribution in [-0.2, 0) is 16.3 Å². The van der Waals surface area contributed by atoms with Crippen LogP contribution < -0.4 is 10.6 Å². The van der Waals surface area contributed by atoms with Crippen LogP contribution in [0.15, 0.2) is 6.33 Å². The Hall–Kier alpha value is -1.37. The zero-order chi connectivity index (χ0) is 14.0. The molecule has 0 aromatic carbocycles. The lowest BCUT2D eigenvalue weighted by Gasteiger charge is -2.26. The molecule has 1 aromatic heterocycles. The van der Waals surface area contributed by atoms with Crippen LogP contribution in [0.4, 0.5) is 11.6 Å². The third kappa shape index (κ3) is 2.97. The summed E-state index contributed by atoms with van der Waals surface area (Å²) < 4.78 is 23.1. The molecule has 0 spiro atoms. The number of hydrogen-bond acceptors (Lipinski definition) is 6. The van der Waals surface area contributed by atoms with Gasteiger partial charge in [0.1, 0.15) is 18.0 Å². The van der Waals surface area contributed by atoms with Crippen molar-refractivity contribution in [2.45, 2.75) is 32.2 Å². The van der Waals surface area contributed by atoms with Gasteiger partial charge in [-0.3, -0.25) is 0 Å². The van der Waals surface area contributed by atoms with Gasteiger partial charge >= 0.3 is 0 Å². The fraction of sp³-hybridized carbons (Fsp3) is 0.667. The van der Waals surface area contributed by atoms with Crippen LogP contribution in [0.1, 0.15) is 25.3 Å². The van der Waals surface area contributed by atoms with Crippen molar-refractivity contribution in [2.24, 2.45) is 0 Å². The van der Waals surface area contributed by atoms with Gasteiger partial charge in [-0.15, -0.1) is 0 Å². The van der Waals surface area contributed by atoms with Gasteiger partial charge in [-0.25, -0.2) is 18.4 Å². The third-order valence-electron chi connectivity index (χ3n) is 3.55. The lowest BCUT2D eigenvalue weighted by atomic mass is 10.1. The highest BCUT2D eigenvalue weighted by molar-refractivity contribution is 7.91. The molecule has 0 aliphatic carbocycles. The third-order valence-corrected chi connectivity index (χ3v) is 5.30. The first kappa shape index (κ1) is 14.0. The Morgan fingerprint density at radius 3 is 2.79 bits per heavy atom. The second-order valence-corrected chi connectivity index (χ2v) is 7.21. The second kappa shape index (κ2) is 5.32. The fourth-order valence-corrected chi connectivity index (χ4v) is 4.24. The zero-order valence-corrected chi connectivity index (χ0v) is 12.2. The van der Waals surface area contributed by atoms with E-state index in [1.807, 2.05) is 11.9 Å².